The summed E-state index contributed by atoms with van der Waals surface area (Å²) in [6.45, 7) is 3.29. The minimum atomic E-state index is 0. The molecule has 0 fully saturated rings. The molecule has 0 atom stereocenters. The van der Waals surface area contributed by atoms with Gasteiger partial charge in [0.2, 0.25) is 0 Å². The third-order valence-corrected chi connectivity index (χ3v) is 4.50. The molecule has 0 spiro atoms. The number of benzene rings is 3. The van der Waals surface area contributed by atoms with Crippen LogP contribution in [0, 0.1) is 0 Å². The zero-order valence-electron chi connectivity index (χ0n) is 23.8. The fraction of sp³-hybridized carbons (Fsp3) is 0.400. The first-order valence-electron chi connectivity index (χ1n) is 11.8. The lowest BCUT2D eigenvalue weighted by Gasteiger charge is -2.23. The molecule has 204 valence electrons. The van der Waals surface area contributed by atoms with E-state index in [9.17, 15) is 0 Å². The van der Waals surface area contributed by atoms with Crippen LogP contribution in [0.4, 0.5) is 0 Å². The Morgan fingerprint density at radius 2 is 0.500 bits per heavy atom. The summed E-state index contributed by atoms with van der Waals surface area (Å²) < 4.78 is 2.97. The predicted octanol–water partition coefficient (Wildman–Crippen LogP) is -3.31. The Kier molecular flexibility index (Phi) is 20.1. The van der Waals surface area contributed by atoms with Gasteiger partial charge in [0.1, 0.15) is 19.6 Å². The van der Waals surface area contributed by atoms with Crippen molar-refractivity contribution in [3.8, 4) is 0 Å². The Morgan fingerprint density at radius 1 is 0.333 bits per heavy atom. The van der Waals surface area contributed by atoms with Crippen LogP contribution in [0.25, 0.3) is 0 Å². The minimum Gasteiger partial charge on any atom is -1.00 e. The fourth-order valence-electron chi connectivity index (χ4n) is 3.39. The summed E-state index contributed by atoms with van der Waals surface area (Å²) in [6.07, 6.45) is 0. The average Bonchev–Trinajstić information content (AvgIpc) is 2.67. The topological polar surface area (TPSA) is 0 Å². The van der Waals surface area contributed by atoms with Crippen LogP contribution in [0.5, 0.6) is 0 Å². The van der Waals surface area contributed by atoms with Gasteiger partial charge in [-0.2, -0.15) is 0 Å². The number of hydrogen-bond acceptors (Lipinski definition) is 0. The van der Waals surface area contributed by atoms with Crippen molar-refractivity contribution in [2.24, 2.45) is 0 Å². The molecule has 3 nitrogen and oxygen atoms in total. The Hall–Kier alpha value is -1.59. The molecule has 0 aliphatic carbocycles. The van der Waals surface area contributed by atoms with E-state index in [1.807, 2.05) is 0 Å². The van der Waals surface area contributed by atoms with Gasteiger partial charge < -0.3 is 50.7 Å². The van der Waals surface area contributed by atoms with Crippen LogP contribution >= 0.6 is 0 Å². The highest BCUT2D eigenvalue weighted by Crippen LogP contribution is 2.06. The minimum absolute atomic E-state index is 0. The van der Waals surface area contributed by atoms with E-state index in [1.165, 1.54) is 16.7 Å². The second kappa shape index (κ2) is 18.6. The summed E-state index contributed by atoms with van der Waals surface area (Å²) in [7, 11) is 19.8. The molecule has 0 aliphatic rings. The molecule has 0 heterocycles. The molecule has 36 heavy (non-hydrogen) atoms. The molecule has 0 saturated carbocycles. The normalized spacial score (nSPS) is 10.6. The summed E-state index contributed by atoms with van der Waals surface area (Å²) in [5, 5.41) is 0. The molecular weight excluding hydrogens is 509 g/mol. The number of quaternary nitrogens is 3. The maximum Gasteiger partial charge on any atom is 0.104 e. The van der Waals surface area contributed by atoms with E-state index in [2.05, 4.69) is 154 Å². The first-order chi connectivity index (χ1) is 15.2. The summed E-state index contributed by atoms with van der Waals surface area (Å²) in [5.74, 6) is 0. The monoisotopic (exact) mass is 555 g/mol. The SMILES string of the molecule is C[N+](C)(C)Cc1ccccc1.C[N+](C)(C)Cc1ccccc1.C[N+](C)(C)Cc1ccccc1.[Cl-].[Cl-].[Cl-]. The Bertz CT molecular complexity index is 762. The zero-order chi connectivity index (χ0) is 25.0. The molecule has 0 bridgehead atoms. The van der Waals surface area contributed by atoms with Gasteiger partial charge in [-0.3, -0.25) is 0 Å². The Balaban J connectivity index is -0.000000436. The maximum absolute atomic E-state index is 2.20. The van der Waals surface area contributed by atoms with Gasteiger partial charge in [0.05, 0.1) is 63.4 Å². The van der Waals surface area contributed by atoms with Crippen LogP contribution in [-0.4, -0.2) is 76.9 Å². The average molecular weight is 557 g/mol. The van der Waals surface area contributed by atoms with E-state index in [0.29, 0.717) is 0 Å². The summed E-state index contributed by atoms with van der Waals surface area (Å²) in [5.41, 5.74) is 4.21. The van der Waals surface area contributed by atoms with Gasteiger partial charge in [-0.25, -0.2) is 0 Å². The quantitative estimate of drug-likeness (QED) is 0.279. The van der Waals surface area contributed by atoms with E-state index in [0.717, 1.165) is 33.1 Å². The summed E-state index contributed by atoms with van der Waals surface area (Å²) >= 11 is 0. The largest absolute Gasteiger partial charge is 1.00 e. The number of hydrogen-bond donors (Lipinski definition) is 0. The van der Waals surface area contributed by atoms with Gasteiger partial charge in [0.15, 0.2) is 0 Å². The van der Waals surface area contributed by atoms with Crippen LogP contribution in [0.15, 0.2) is 91.0 Å². The molecule has 0 saturated heterocycles. The maximum atomic E-state index is 2.20. The molecule has 3 rings (SSSR count). The van der Waals surface area contributed by atoms with E-state index < -0.39 is 0 Å². The summed E-state index contributed by atoms with van der Waals surface area (Å²) in [4.78, 5) is 0. The Labute approximate surface area is 240 Å². The molecule has 3 aromatic carbocycles. The second-order valence-electron chi connectivity index (χ2n) is 11.8. The molecule has 0 aliphatic heterocycles. The van der Waals surface area contributed by atoms with Crippen molar-refractivity contribution in [2.45, 2.75) is 19.6 Å². The third kappa shape index (κ3) is 22.8. The molecule has 0 radical (unpaired) electrons. The number of halogens is 3. The van der Waals surface area contributed by atoms with Gasteiger partial charge >= 0.3 is 0 Å². The lowest BCUT2D eigenvalue weighted by atomic mass is 10.2. The van der Waals surface area contributed by atoms with Crippen molar-refractivity contribution < 1.29 is 50.7 Å². The molecular formula is C30H48Cl3N3. The van der Waals surface area contributed by atoms with Crippen molar-refractivity contribution in [3.05, 3.63) is 108 Å². The van der Waals surface area contributed by atoms with E-state index in [-0.39, 0.29) is 37.2 Å². The Morgan fingerprint density at radius 3 is 0.639 bits per heavy atom. The lowest BCUT2D eigenvalue weighted by molar-refractivity contribution is -0.884. The molecule has 0 N–H and O–H groups in total. The highest BCUT2D eigenvalue weighted by molar-refractivity contribution is 5.14. The second-order valence-corrected chi connectivity index (χ2v) is 11.8. The van der Waals surface area contributed by atoms with E-state index in [4.69, 9.17) is 0 Å². The van der Waals surface area contributed by atoms with Crippen molar-refractivity contribution in [2.75, 3.05) is 63.4 Å². The van der Waals surface area contributed by atoms with Crippen LogP contribution < -0.4 is 37.2 Å². The smallest absolute Gasteiger partial charge is 0.104 e. The lowest BCUT2D eigenvalue weighted by Crippen LogP contribution is -3.00. The predicted molar refractivity (Wildman–Crippen MR) is 145 cm³/mol. The molecule has 3 aromatic rings. The highest BCUT2D eigenvalue weighted by atomic mass is 35.5. The van der Waals surface area contributed by atoms with Crippen LogP contribution in [0.2, 0.25) is 0 Å². The van der Waals surface area contributed by atoms with Gasteiger partial charge in [-0.05, 0) is 0 Å². The van der Waals surface area contributed by atoms with Gasteiger partial charge in [-0.15, -0.1) is 0 Å². The van der Waals surface area contributed by atoms with Crippen molar-refractivity contribution in [1.29, 1.82) is 0 Å². The van der Waals surface area contributed by atoms with E-state index in [1.54, 1.807) is 0 Å². The van der Waals surface area contributed by atoms with Gasteiger partial charge in [0, 0.05) is 16.7 Å². The fourth-order valence-corrected chi connectivity index (χ4v) is 3.39. The van der Waals surface area contributed by atoms with Crippen LogP contribution in [-0.2, 0) is 19.6 Å². The van der Waals surface area contributed by atoms with Crippen LogP contribution in [0.1, 0.15) is 16.7 Å². The van der Waals surface area contributed by atoms with Crippen molar-refractivity contribution in [1.82, 2.24) is 0 Å². The standard InChI is InChI=1S/3C10H16N.3ClH/c3*1-11(2,3)9-10-7-5-4-6-8-10;;;/h3*4-8H,9H2,1-3H3;3*1H/q3*+1;;;/p-3. The molecule has 0 amide bonds. The van der Waals surface area contributed by atoms with Crippen molar-refractivity contribution in [3.63, 3.8) is 0 Å². The third-order valence-electron chi connectivity index (χ3n) is 4.50. The first-order valence-corrected chi connectivity index (χ1v) is 11.8. The summed E-state index contributed by atoms with van der Waals surface area (Å²) in [6, 6.07) is 31.7. The molecule has 0 unspecified atom stereocenters. The van der Waals surface area contributed by atoms with Gasteiger partial charge in [-0.1, -0.05) is 91.0 Å². The van der Waals surface area contributed by atoms with Gasteiger partial charge in [0.25, 0.3) is 0 Å². The molecule has 6 heteroatoms. The van der Waals surface area contributed by atoms with Crippen LogP contribution in [0.3, 0.4) is 0 Å². The van der Waals surface area contributed by atoms with Crippen molar-refractivity contribution >= 4 is 0 Å². The van der Waals surface area contributed by atoms with E-state index >= 15 is 0 Å². The zero-order valence-corrected chi connectivity index (χ0v) is 26.0. The first kappa shape index (κ1) is 38.9. The number of nitrogens with zero attached hydrogens (tertiary/aromatic N) is 3. The number of rotatable bonds is 6. The molecule has 0 aromatic heterocycles. The highest BCUT2D eigenvalue weighted by Gasteiger charge is 2.08.